The highest BCUT2D eigenvalue weighted by Gasteiger charge is 2.23. The van der Waals surface area contributed by atoms with Gasteiger partial charge in [0, 0.05) is 61.0 Å². The van der Waals surface area contributed by atoms with Gasteiger partial charge in [0.1, 0.15) is 5.69 Å². The zero-order chi connectivity index (χ0) is 21.5. The van der Waals surface area contributed by atoms with Crippen LogP contribution in [0.2, 0.25) is 0 Å². The van der Waals surface area contributed by atoms with E-state index in [9.17, 15) is 13.6 Å². The molecule has 0 aromatic carbocycles. The maximum atomic E-state index is 13.4. The van der Waals surface area contributed by atoms with Gasteiger partial charge in [0.2, 0.25) is 0 Å². The first kappa shape index (κ1) is 19.2. The van der Waals surface area contributed by atoms with Gasteiger partial charge in [0.05, 0.1) is 0 Å². The molecule has 0 N–H and O–H groups in total. The Morgan fingerprint density at radius 2 is 1.97 bits per heavy atom. The second-order valence-corrected chi connectivity index (χ2v) is 7.44. The number of alkyl halides is 2. The molecule has 0 aliphatic carbocycles. The Kier molecular flexibility index (Phi) is 4.65. The molecule has 7 nitrogen and oxygen atoms in total. The predicted molar refractivity (Wildman–Crippen MR) is 111 cm³/mol. The lowest BCUT2D eigenvalue weighted by Gasteiger charge is -2.30. The summed E-state index contributed by atoms with van der Waals surface area (Å²) in [7, 11) is 0. The van der Waals surface area contributed by atoms with Crippen molar-refractivity contribution >= 4 is 11.5 Å². The van der Waals surface area contributed by atoms with Crippen molar-refractivity contribution in [3.05, 3.63) is 81.8 Å². The Hall–Kier alpha value is -3.75. The van der Waals surface area contributed by atoms with Crippen LogP contribution in [0.25, 0.3) is 16.8 Å². The van der Waals surface area contributed by atoms with Crippen LogP contribution in [0.3, 0.4) is 0 Å². The summed E-state index contributed by atoms with van der Waals surface area (Å²) in [6.07, 6.45) is 2.48. The number of pyridine rings is 2. The highest BCUT2D eigenvalue weighted by Crippen LogP contribution is 2.32. The first-order valence-electron chi connectivity index (χ1n) is 9.83. The number of nitrogens with zero attached hydrogens (tertiary/aromatic N) is 6. The number of aryl methyl sites for hydroxylation is 1. The van der Waals surface area contributed by atoms with Crippen LogP contribution in [0.15, 0.2) is 53.7 Å². The molecule has 0 fully saturated rings. The predicted octanol–water partition coefficient (Wildman–Crippen LogP) is 3.36. The van der Waals surface area contributed by atoms with Gasteiger partial charge >= 0.3 is 0 Å². The molecule has 4 aromatic rings. The minimum atomic E-state index is -2.67. The molecule has 0 radical (unpaired) electrons. The van der Waals surface area contributed by atoms with Gasteiger partial charge in [-0.05, 0) is 36.2 Å². The van der Waals surface area contributed by atoms with Crippen LogP contribution < -0.4 is 10.5 Å². The zero-order valence-electron chi connectivity index (χ0n) is 16.7. The Bertz CT molecular complexity index is 1350. The van der Waals surface area contributed by atoms with Gasteiger partial charge in [-0.15, -0.1) is 5.10 Å². The lowest BCUT2D eigenvalue weighted by Crippen LogP contribution is -2.33. The summed E-state index contributed by atoms with van der Waals surface area (Å²) in [6.45, 7) is 3.12. The quantitative estimate of drug-likeness (QED) is 0.506. The van der Waals surface area contributed by atoms with Crippen LogP contribution in [0, 0.1) is 6.92 Å². The third kappa shape index (κ3) is 3.41. The average Bonchev–Trinajstić information content (AvgIpc) is 2.78. The largest absolute Gasteiger partial charge is 0.350 e. The third-order valence-corrected chi connectivity index (χ3v) is 5.44. The van der Waals surface area contributed by atoms with E-state index in [-0.39, 0.29) is 11.3 Å². The smallest absolute Gasteiger partial charge is 0.280 e. The standard InChI is InChI=1S/C22H18F2N6O/c1-13-9-18-25-7-4-19(31)30(18)28-22(13)29-8-5-17-15(12-29)10-14(11-27-17)16-3-2-6-26-20(16)21(23)24/h2-4,6-7,9-11,21H,5,8,12H2,1H3. The maximum Gasteiger partial charge on any atom is 0.280 e. The van der Waals surface area contributed by atoms with Gasteiger partial charge in [-0.3, -0.25) is 14.8 Å². The Morgan fingerprint density at radius 3 is 2.81 bits per heavy atom. The van der Waals surface area contributed by atoms with Gasteiger partial charge in [-0.25, -0.2) is 13.8 Å². The molecule has 5 rings (SSSR count). The topological polar surface area (TPSA) is 76.3 Å². The summed E-state index contributed by atoms with van der Waals surface area (Å²) in [5, 5.41) is 4.53. The highest BCUT2D eigenvalue weighted by molar-refractivity contribution is 5.66. The Morgan fingerprint density at radius 1 is 1.10 bits per heavy atom. The molecule has 0 bridgehead atoms. The normalized spacial score (nSPS) is 13.6. The monoisotopic (exact) mass is 420 g/mol. The van der Waals surface area contributed by atoms with Crippen LogP contribution in [-0.2, 0) is 13.0 Å². The molecule has 0 amide bonds. The fourth-order valence-electron chi connectivity index (χ4n) is 3.95. The van der Waals surface area contributed by atoms with E-state index < -0.39 is 6.43 Å². The second kappa shape index (κ2) is 7.50. The van der Waals surface area contributed by atoms with Crippen molar-refractivity contribution < 1.29 is 8.78 Å². The third-order valence-electron chi connectivity index (χ3n) is 5.44. The van der Waals surface area contributed by atoms with E-state index in [0.29, 0.717) is 42.1 Å². The summed E-state index contributed by atoms with van der Waals surface area (Å²) >= 11 is 0. The van der Waals surface area contributed by atoms with E-state index in [0.717, 1.165) is 16.8 Å². The van der Waals surface area contributed by atoms with E-state index in [1.807, 2.05) is 19.1 Å². The van der Waals surface area contributed by atoms with Crippen molar-refractivity contribution in [2.75, 3.05) is 11.4 Å². The van der Waals surface area contributed by atoms with Crippen LogP contribution in [-0.4, -0.2) is 31.1 Å². The van der Waals surface area contributed by atoms with Crippen molar-refractivity contribution in [2.45, 2.75) is 26.3 Å². The highest BCUT2D eigenvalue weighted by atomic mass is 19.3. The fraction of sp³-hybridized carbons (Fsp3) is 0.227. The first-order valence-corrected chi connectivity index (χ1v) is 9.83. The maximum absolute atomic E-state index is 13.4. The Balaban J connectivity index is 1.54. The second-order valence-electron chi connectivity index (χ2n) is 7.44. The number of aromatic nitrogens is 5. The number of rotatable bonds is 3. The molecule has 4 aromatic heterocycles. The van der Waals surface area contributed by atoms with Crippen LogP contribution in [0.4, 0.5) is 14.6 Å². The van der Waals surface area contributed by atoms with Gasteiger partial charge in [-0.2, -0.15) is 4.52 Å². The van der Waals surface area contributed by atoms with Gasteiger partial charge < -0.3 is 4.90 Å². The van der Waals surface area contributed by atoms with Gasteiger partial charge in [-0.1, -0.05) is 6.07 Å². The summed E-state index contributed by atoms with van der Waals surface area (Å²) in [5.74, 6) is 0.688. The average molecular weight is 420 g/mol. The van der Waals surface area contributed by atoms with Gasteiger partial charge in [0.15, 0.2) is 11.5 Å². The van der Waals surface area contributed by atoms with E-state index in [2.05, 4.69) is 25.0 Å². The molecule has 0 atom stereocenters. The molecule has 156 valence electrons. The molecule has 0 saturated heterocycles. The summed E-state index contributed by atoms with van der Waals surface area (Å²) in [6, 6.07) is 8.36. The van der Waals surface area contributed by atoms with Crippen molar-refractivity contribution in [1.82, 2.24) is 24.6 Å². The van der Waals surface area contributed by atoms with Gasteiger partial charge in [0.25, 0.3) is 12.0 Å². The van der Waals surface area contributed by atoms with Crippen molar-refractivity contribution in [3.63, 3.8) is 0 Å². The molecule has 5 heterocycles. The van der Waals surface area contributed by atoms with Crippen LogP contribution in [0.1, 0.15) is 28.9 Å². The molecule has 9 heteroatoms. The molecule has 0 saturated carbocycles. The molecule has 0 unspecified atom stereocenters. The van der Waals surface area contributed by atoms with E-state index in [1.54, 1.807) is 18.3 Å². The molecular formula is C22H18F2N6O. The Labute approximate surface area is 176 Å². The lowest BCUT2D eigenvalue weighted by molar-refractivity contribution is 0.147. The first-order chi connectivity index (χ1) is 15.0. The lowest BCUT2D eigenvalue weighted by atomic mass is 9.99. The zero-order valence-corrected chi connectivity index (χ0v) is 16.7. The van der Waals surface area contributed by atoms with E-state index >= 15 is 0 Å². The fourth-order valence-corrected chi connectivity index (χ4v) is 3.95. The van der Waals surface area contributed by atoms with Crippen molar-refractivity contribution in [1.29, 1.82) is 0 Å². The summed E-state index contributed by atoms with van der Waals surface area (Å²) < 4.78 is 28.1. The minimum absolute atomic E-state index is 0.247. The number of hydrogen-bond donors (Lipinski definition) is 0. The number of anilines is 1. The SMILES string of the molecule is Cc1cc2nccc(=O)n2nc1N1CCc2ncc(-c3cccnc3C(F)F)cc2C1. The molecule has 0 spiro atoms. The summed E-state index contributed by atoms with van der Waals surface area (Å²) in [5.41, 5.74) is 3.74. The molecular weight excluding hydrogens is 402 g/mol. The van der Waals surface area contributed by atoms with Crippen LogP contribution >= 0.6 is 0 Å². The molecule has 1 aliphatic heterocycles. The van der Waals surface area contributed by atoms with Crippen LogP contribution in [0.5, 0.6) is 0 Å². The number of hydrogen-bond acceptors (Lipinski definition) is 6. The number of halogens is 2. The van der Waals surface area contributed by atoms with E-state index in [4.69, 9.17) is 0 Å². The van der Waals surface area contributed by atoms with Crippen molar-refractivity contribution in [3.8, 4) is 11.1 Å². The minimum Gasteiger partial charge on any atom is -0.350 e. The van der Waals surface area contributed by atoms with Crippen molar-refractivity contribution in [2.24, 2.45) is 0 Å². The molecule has 31 heavy (non-hydrogen) atoms. The number of fused-ring (bicyclic) bond motifs is 2. The summed E-state index contributed by atoms with van der Waals surface area (Å²) in [4.78, 5) is 26.8. The van der Waals surface area contributed by atoms with E-state index in [1.165, 1.54) is 23.0 Å². The molecule has 1 aliphatic rings.